The summed E-state index contributed by atoms with van der Waals surface area (Å²) in [5.41, 5.74) is 14.7. The van der Waals surface area contributed by atoms with E-state index in [4.69, 9.17) is 4.98 Å². The van der Waals surface area contributed by atoms with Crippen molar-refractivity contribution in [2.45, 2.75) is 0 Å². The third-order valence-electron chi connectivity index (χ3n) is 11.3. The number of benzene rings is 8. The molecule has 10 aromatic rings. The normalized spacial score (nSPS) is 12.0. The van der Waals surface area contributed by atoms with E-state index in [9.17, 15) is 0 Å². The maximum absolute atomic E-state index is 4.84. The van der Waals surface area contributed by atoms with E-state index in [1.807, 2.05) is 18.3 Å². The van der Waals surface area contributed by atoms with Gasteiger partial charge in [0, 0.05) is 49.8 Å². The van der Waals surface area contributed by atoms with E-state index in [2.05, 4.69) is 233 Å². The molecule has 0 amide bonds. The molecule has 61 heavy (non-hydrogen) atoms. The van der Waals surface area contributed by atoms with Crippen molar-refractivity contribution >= 4 is 55.7 Å². The van der Waals surface area contributed by atoms with Gasteiger partial charge in [-0.3, -0.25) is 0 Å². The molecule has 0 spiro atoms. The largest absolute Gasteiger partial charge is 0.488 e. The fourth-order valence-corrected chi connectivity index (χ4v) is 8.56. The SMILES string of the molecule is [Pt].[c-]1c(C(=C(c2ccccc2)c2ccccc2)c2[c-]c3c(cc2)c2ccccc2n3-c2ccccn2)cc(-c2ccccc2)cc1N1[CH-]N(c2ccccc2)c2ccccc21. The van der Waals surface area contributed by atoms with Gasteiger partial charge in [0.15, 0.2) is 0 Å². The molecule has 0 saturated heterocycles. The maximum Gasteiger partial charge on any atom is 0.136 e. The van der Waals surface area contributed by atoms with E-state index in [1.165, 1.54) is 0 Å². The first-order chi connectivity index (χ1) is 29.8. The van der Waals surface area contributed by atoms with Crippen LogP contribution in [0.2, 0.25) is 0 Å². The smallest absolute Gasteiger partial charge is 0.136 e. The number of pyridine rings is 1. The monoisotopic (exact) mass is 960 g/mol. The van der Waals surface area contributed by atoms with Gasteiger partial charge in [0.1, 0.15) is 5.82 Å². The fourth-order valence-electron chi connectivity index (χ4n) is 8.56. The predicted molar refractivity (Wildman–Crippen MR) is 247 cm³/mol. The summed E-state index contributed by atoms with van der Waals surface area (Å²) in [6, 6.07) is 82.9. The number of hydrogen-bond donors (Lipinski definition) is 0. The molecule has 3 heterocycles. The minimum Gasteiger partial charge on any atom is -0.488 e. The van der Waals surface area contributed by atoms with Crippen molar-refractivity contribution in [3.05, 3.63) is 260 Å². The summed E-state index contributed by atoms with van der Waals surface area (Å²) in [6.07, 6.45) is 1.85. The molecule has 0 N–H and O–H groups in total. The summed E-state index contributed by atoms with van der Waals surface area (Å²) in [7, 11) is 0. The van der Waals surface area contributed by atoms with E-state index in [1.54, 1.807) is 0 Å². The number of hydrogen-bond acceptors (Lipinski definition) is 3. The molecule has 4 nitrogen and oxygen atoms in total. The van der Waals surface area contributed by atoms with Crippen molar-refractivity contribution in [1.29, 1.82) is 0 Å². The second-order valence-electron chi connectivity index (χ2n) is 14.9. The van der Waals surface area contributed by atoms with E-state index in [0.717, 1.165) is 94.9 Å². The number of aromatic nitrogens is 2. The van der Waals surface area contributed by atoms with Gasteiger partial charge in [0.05, 0.1) is 0 Å². The zero-order chi connectivity index (χ0) is 39.8. The third kappa shape index (κ3) is 6.95. The van der Waals surface area contributed by atoms with Crippen LogP contribution in [0.25, 0.3) is 49.9 Å². The quantitative estimate of drug-likeness (QED) is 0.112. The molecule has 5 heteroatoms. The summed E-state index contributed by atoms with van der Waals surface area (Å²) >= 11 is 0. The zero-order valence-corrected chi connectivity index (χ0v) is 35.2. The van der Waals surface area contributed by atoms with Crippen molar-refractivity contribution in [3.8, 4) is 16.9 Å². The molecule has 0 radical (unpaired) electrons. The number of rotatable bonds is 8. The van der Waals surface area contributed by atoms with Gasteiger partial charge in [0.25, 0.3) is 0 Å². The average Bonchev–Trinajstić information content (AvgIpc) is 3.88. The number of fused-ring (bicyclic) bond motifs is 4. The van der Waals surface area contributed by atoms with Gasteiger partial charge in [-0.2, -0.15) is 0 Å². The second-order valence-corrected chi connectivity index (χ2v) is 14.9. The Morgan fingerprint density at radius 3 is 1.75 bits per heavy atom. The van der Waals surface area contributed by atoms with Crippen LogP contribution in [0, 0.1) is 18.8 Å². The van der Waals surface area contributed by atoms with E-state index < -0.39 is 0 Å². The molecule has 0 atom stereocenters. The molecule has 0 aliphatic carbocycles. The summed E-state index contributed by atoms with van der Waals surface area (Å²) in [6.45, 7) is 2.19. The first-order valence-electron chi connectivity index (χ1n) is 20.2. The van der Waals surface area contributed by atoms with E-state index in [0.29, 0.717) is 0 Å². The standard InChI is InChI=1S/C56H37N4.Pt/c1-5-19-40(20-6-1)44-35-45(37-47(36-44)59-39-58(46-25-11-4-12-26-46)51-29-15-16-30-52(51)59)56(55(41-21-7-2-8-22-41)42-23-9-3-10-24-42)43-32-33-49-48-27-13-14-28-50(48)60(53(49)38-43)54-31-17-18-34-57-54;/h1-36,39H;/q-3;. The Morgan fingerprint density at radius 2 is 1.07 bits per heavy atom. The van der Waals surface area contributed by atoms with Crippen LogP contribution in [-0.2, 0) is 21.1 Å². The molecule has 2 aromatic heterocycles. The summed E-state index contributed by atoms with van der Waals surface area (Å²) in [5.74, 6) is 0.847. The summed E-state index contributed by atoms with van der Waals surface area (Å²) in [5, 5.41) is 2.27. The van der Waals surface area contributed by atoms with Crippen LogP contribution in [0.4, 0.5) is 22.7 Å². The first-order valence-corrected chi connectivity index (χ1v) is 20.2. The topological polar surface area (TPSA) is 24.3 Å². The minimum atomic E-state index is 0. The van der Waals surface area contributed by atoms with Gasteiger partial charge in [-0.25, -0.2) is 4.98 Å². The number of nitrogens with zero attached hydrogens (tertiary/aromatic N) is 4. The molecule has 294 valence electrons. The molecular formula is C56H37N4Pt-3. The van der Waals surface area contributed by atoms with Gasteiger partial charge < -0.3 is 14.4 Å². The van der Waals surface area contributed by atoms with Crippen LogP contribution in [0.15, 0.2) is 219 Å². The van der Waals surface area contributed by atoms with Crippen molar-refractivity contribution in [2.24, 2.45) is 0 Å². The van der Waals surface area contributed by atoms with Gasteiger partial charge in [-0.05, 0) is 75.6 Å². The van der Waals surface area contributed by atoms with Crippen LogP contribution in [0.3, 0.4) is 0 Å². The Bertz CT molecular complexity index is 3120. The fraction of sp³-hybridized carbons (Fsp3) is 0. The van der Waals surface area contributed by atoms with Gasteiger partial charge in [-0.15, -0.1) is 59.8 Å². The zero-order valence-electron chi connectivity index (χ0n) is 33.0. The first kappa shape index (κ1) is 38.0. The van der Waals surface area contributed by atoms with Crippen LogP contribution in [0.5, 0.6) is 0 Å². The van der Waals surface area contributed by atoms with Crippen molar-refractivity contribution in [2.75, 3.05) is 9.80 Å². The Kier molecular flexibility index (Phi) is 10.2. The van der Waals surface area contributed by atoms with E-state index >= 15 is 0 Å². The minimum absolute atomic E-state index is 0. The Balaban J connectivity index is 0.00000445. The molecule has 0 saturated carbocycles. The number of anilines is 4. The average molecular weight is 961 g/mol. The van der Waals surface area contributed by atoms with Crippen LogP contribution < -0.4 is 9.80 Å². The Hall–Kier alpha value is -7.26. The maximum atomic E-state index is 4.84. The Morgan fingerprint density at radius 1 is 0.459 bits per heavy atom. The van der Waals surface area contributed by atoms with Gasteiger partial charge in [-0.1, -0.05) is 162 Å². The third-order valence-corrected chi connectivity index (χ3v) is 11.3. The molecule has 11 rings (SSSR count). The molecular weight excluding hydrogens is 924 g/mol. The molecule has 0 bridgehead atoms. The predicted octanol–water partition coefficient (Wildman–Crippen LogP) is 13.9. The summed E-state index contributed by atoms with van der Waals surface area (Å²) in [4.78, 5) is 9.37. The molecule has 0 fully saturated rings. The summed E-state index contributed by atoms with van der Waals surface area (Å²) < 4.78 is 2.24. The molecule has 8 aromatic carbocycles. The van der Waals surface area contributed by atoms with Crippen LogP contribution in [-0.4, -0.2) is 9.55 Å². The van der Waals surface area contributed by atoms with E-state index in [-0.39, 0.29) is 21.1 Å². The van der Waals surface area contributed by atoms with Crippen molar-refractivity contribution in [3.63, 3.8) is 0 Å². The van der Waals surface area contributed by atoms with Crippen molar-refractivity contribution < 1.29 is 21.1 Å². The molecule has 1 aliphatic rings. The number of para-hydroxylation sites is 4. The van der Waals surface area contributed by atoms with Gasteiger partial charge >= 0.3 is 0 Å². The van der Waals surface area contributed by atoms with Crippen LogP contribution >= 0.6 is 0 Å². The van der Waals surface area contributed by atoms with Crippen LogP contribution in [0.1, 0.15) is 22.3 Å². The second kappa shape index (κ2) is 16.4. The molecule has 1 aliphatic heterocycles. The molecule has 0 unspecified atom stereocenters. The van der Waals surface area contributed by atoms with Crippen molar-refractivity contribution in [1.82, 2.24) is 9.55 Å². The van der Waals surface area contributed by atoms with Gasteiger partial charge in [0.2, 0.25) is 0 Å². The Labute approximate surface area is 370 Å².